The zero-order chi connectivity index (χ0) is 16.7. The Morgan fingerprint density at radius 2 is 1.91 bits per heavy atom. The second kappa shape index (κ2) is 8.90. The van der Waals surface area contributed by atoms with Crippen LogP contribution in [-0.2, 0) is 13.2 Å². The Bertz CT molecular complexity index is 610. The van der Waals surface area contributed by atoms with Crippen molar-refractivity contribution in [2.45, 2.75) is 33.4 Å². The first-order chi connectivity index (χ1) is 11.1. The van der Waals surface area contributed by atoms with Crippen LogP contribution in [0.1, 0.15) is 31.4 Å². The zero-order valence-corrected chi connectivity index (χ0v) is 14.4. The van der Waals surface area contributed by atoms with E-state index in [0.717, 1.165) is 30.8 Å². The van der Waals surface area contributed by atoms with Gasteiger partial charge in [0, 0.05) is 17.7 Å². The zero-order valence-electron chi connectivity index (χ0n) is 13.6. The van der Waals surface area contributed by atoms with Crippen molar-refractivity contribution in [1.82, 2.24) is 5.32 Å². The molecule has 0 atom stereocenters. The highest BCUT2D eigenvalue weighted by Gasteiger charge is 2.09. The quantitative estimate of drug-likeness (QED) is 0.670. The van der Waals surface area contributed by atoms with E-state index in [-0.39, 0.29) is 12.4 Å². The summed E-state index contributed by atoms with van der Waals surface area (Å²) in [6.07, 6.45) is 1.13. The highest BCUT2D eigenvalue weighted by atomic mass is 35.5. The molecule has 124 valence electrons. The summed E-state index contributed by atoms with van der Waals surface area (Å²) < 4.78 is 19.6. The summed E-state index contributed by atoms with van der Waals surface area (Å²) >= 11 is 6.04. The molecule has 0 unspecified atom stereocenters. The van der Waals surface area contributed by atoms with Gasteiger partial charge in [-0.1, -0.05) is 49.7 Å². The van der Waals surface area contributed by atoms with Gasteiger partial charge in [-0.2, -0.15) is 0 Å². The Labute approximate surface area is 142 Å². The molecule has 2 nitrogen and oxygen atoms in total. The summed E-state index contributed by atoms with van der Waals surface area (Å²) in [7, 11) is 0. The van der Waals surface area contributed by atoms with Gasteiger partial charge in [-0.3, -0.25) is 0 Å². The molecular weight excluding hydrogens is 313 g/mol. The predicted molar refractivity (Wildman–Crippen MR) is 93.3 cm³/mol. The van der Waals surface area contributed by atoms with Crippen molar-refractivity contribution >= 4 is 11.6 Å². The topological polar surface area (TPSA) is 21.3 Å². The van der Waals surface area contributed by atoms with Gasteiger partial charge in [-0.15, -0.1) is 0 Å². The summed E-state index contributed by atoms with van der Waals surface area (Å²) in [5.74, 6) is 1.09. The van der Waals surface area contributed by atoms with Gasteiger partial charge in [0.2, 0.25) is 0 Å². The molecule has 0 saturated carbocycles. The molecular formula is C19H23ClFNO. The summed E-state index contributed by atoms with van der Waals surface area (Å²) in [5, 5.41) is 3.80. The molecule has 0 fully saturated rings. The lowest BCUT2D eigenvalue weighted by Gasteiger charge is -2.13. The van der Waals surface area contributed by atoms with Gasteiger partial charge in [0.05, 0.1) is 5.02 Å². The molecule has 0 aromatic heterocycles. The monoisotopic (exact) mass is 335 g/mol. The lowest BCUT2D eigenvalue weighted by atomic mass is 10.1. The first-order valence-electron chi connectivity index (χ1n) is 7.92. The average Bonchev–Trinajstić information content (AvgIpc) is 2.52. The van der Waals surface area contributed by atoms with Crippen LogP contribution >= 0.6 is 11.6 Å². The number of ether oxygens (including phenoxy) is 1. The number of para-hydroxylation sites is 1. The lowest BCUT2D eigenvalue weighted by Crippen LogP contribution is -2.17. The van der Waals surface area contributed by atoms with Crippen LogP contribution in [0, 0.1) is 11.7 Å². The molecule has 0 aliphatic rings. The predicted octanol–water partition coefficient (Wildman–Crippen LogP) is 5.19. The highest BCUT2D eigenvalue weighted by Crippen LogP contribution is 2.23. The molecule has 0 amide bonds. The van der Waals surface area contributed by atoms with Crippen molar-refractivity contribution in [2.24, 2.45) is 5.92 Å². The molecule has 4 heteroatoms. The van der Waals surface area contributed by atoms with Crippen LogP contribution in [0.3, 0.4) is 0 Å². The third-order valence-electron chi connectivity index (χ3n) is 3.62. The fraction of sp³-hybridized carbons (Fsp3) is 0.368. The van der Waals surface area contributed by atoms with E-state index < -0.39 is 0 Å². The lowest BCUT2D eigenvalue weighted by molar-refractivity contribution is 0.296. The number of hydrogen-bond acceptors (Lipinski definition) is 2. The van der Waals surface area contributed by atoms with Crippen molar-refractivity contribution < 1.29 is 9.13 Å². The molecule has 0 spiro atoms. The Kier molecular flexibility index (Phi) is 6.87. The van der Waals surface area contributed by atoms with Crippen LogP contribution in [0.2, 0.25) is 5.02 Å². The molecule has 0 radical (unpaired) electrons. The highest BCUT2D eigenvalue weighted by molar-refractivity contribution is 6.31. The van der Waals surface area contributed by atoms with Crippen molar-refractivity contribution in [2.75, 3.05) is 6.54 Å². The first-order valence-corrected chi connectivity index (χ1v) is 8.30. The molecule has 2 rings (SSSR count). The summed E-state index contributed by atoms with van der Waals surface area (Å²) in [6.45, 7) is 6.22. The maximum atomic E-state index is 13.8. The van der Waals surface area contributed by atoms with Crippen molar-refractivity contribution in [3.05, 3.63) is 64.4 Å². The summed E-state index contributed by atoms with van der Waals surface area (Å²) in [4.78, 5) is 0. The average molecular weight is 336 g/mol. The van der Waals surface area contributed by atoms with E-state index in [9.17, 15) is 4.39 Å². The van der Waals surface area contributed by atoms with Crippen LogP contribution in [-0.4, -0.2) is 6.54 Å². The fourth-order valence-electron chi connectivity index (χ4n) is 2.22. The van der Waals surface area contributed by atoms with E-state index in [1.54, 1.807) is 12.1 Å². The number of halogens is 2. The van der Waals surface area contributed by atoms with Gasteiger partial charge in [0.15, 0.2) is 0 Å². The minimum atomic E-state index is -0.343. The van der Waals surface area contributed by atoms with Crippen molar-refractivity contribution in [3.63, 3.8) is 0 Å². The van der Waals surface area contributed by atoms with E-state index in [1.807, 2.05) is 24.3 Å². The van der Waals surface area contributed by atoms with Crippen LogP contribution < -0.4 is 10.1 Å². The van der Waals surface area contributed by atoms with Gasteiger partial charge in [0.1, 0.15) is 18.2 Å². The molecule has 0 heterocycles. The molecule has 2 aromatic carbocycles. The van der Waals surface area contributed by atoms with Crippen molar-refractivity contribution in [1.29, 1.82) is 0 Å². The third-order valence-corrected chi connectivity index (χ3v) is 3.97. The van der Waals surface area contributed by atoms with Crippen molar-refractivity contribution in [3.8, 4) is 5.75 Å². The van der Waals surface area contributed by atoms with Crippen LogP contribution in [0.15, 0.2) is 42.5 Å². The minimum Gasteiger partial charge on any atom is -0.488 e. The number of benzene rings is 2. The van der Waals surface area contributed by atoms with E-state index in [0.29, 0.717) is 16.5 Å². The molecule has 0 aliphatic heterocycles. The Hall–Kier alpha value is -1.58. The molecule has 23 heavy (non-hydrogen) atoms. The Morgan fingerprint density at radius 1 is 1.13 bits per heavy atom. The van der Waals surface area contributed by atoms with Gasteiger partial charge < -0.3 is 10.1 Å². The normalized spacial score (nSPS) is 11.0. The van der Waals surface area contributed by atoms with Crippen LogP contribution in [0.25, 0.3) is 0 Å². The fourth-order valence-corrected chi connectivity index (χ4v) is 2.44. The number of hydrogen-bond donors (Lipinski definition) is 1. The van der Waals surface area contributed by atoms with E-state index >= 15 is 0 Å². The minimum absolute atomic E-state index is 0.120. The summed E-state index contributed by atoms with van der Waals surface area (Å²) in [5.41, 5.74) is 1.44. The Balaban J connectivity index is 1.97. The molecule has 0 saturated heterocycles. The Morgan fingerprint density at radius 3 is 2.65 bits per heavy atom. The second-order valence-corrected chi connectivity index (χ2v) is 6.36. The van der Waals surface area contributed by atoms with Gasteiger partial charge in [-0.25, -0.2) is 4.39 Å². The number of nitrogens with one attached hydrogen (secondary N) is 1. The third kappa shape index (κ3) is 5.52. The van der Waals surface area contributed by atoms with E-state index in [1.165, 1.54) is 6.07 Å². The second-order valence-electron chi connectivity index (χ2n) is 5.96. The first kappa shape index (κ1) is 17.8. The van der Waals surface area contributed by atoms with E-state index in [4.69, 9.17) is 16.3 Å². The SMILES string of the molecule is CC(C)CCNCc1ccccc1OCc1c(F)cccc1Cl. The van der Waals surface area contributed by atoms with E-state index in [2.05, 4.69) is 19.2 Å². The maximum absolute atomic E-state index is 13.8. The number of rotatable bonds is 8. The molecule has 2 aromatic rings. The van der Waals surface area contributed by atoms with Gasteiger partial charge in [-0.05, 0) is 37.1 Å². The van der Waals surface area contributed by atoms with Crippen LogP contribution in [0.5, 0.6) is 5.75 Å². The maximum Gasteiger partial charge on any atom is 0.131 e. The smallest absolute Gasteiger partial charge is 0.131 e. The van der Waals surface area contributed by atoms with Gasteiger partial charge in [0.25, 0.3) is 0 Å². The standard InChI is InChI=1S/C19H23ClFNO/c1-14(2)10-11-22-12-15-6-3-4-9-19(15)23-13-16-17(20)7-5-8-18(16)21/h3-9,14,22H,10-13H2,1-2H3. The van der Waals surface area contributed by atoms with Crippen LogP contribution in [0.4, 0.5) is 4.39 Å². The molecule has 0 aliphatic carbocycles. The van der Waals surface area contributed by atoms with Gasteiger partial charge >= 0.3 is 0 Å². The molecule has 1 N–H and O–H groups in total. The largest absolute Gasteiger partial charge is 0.488 e. The summed E-state index contributed by atoms with van der Waals surface area (Å²) in [6, 6.07) is 12.5. The molecule has 0 bridgehead atoms.